The van der Waals surface area contributed by atoms with Gasteiger partial charge in [-0.3, -0.25) is 4.79 Å². The lowest BCUT2D eigenvalue weighted by Crippen LogP contribution is -2.36. The maximum absolute atomic E-state index is 12.3. The highest BCUT2D eigenvalue weighted by Gasteiger charge is 2.29. The van der Waals surface area contributed by atoms with Gasteiger partial charge in [-0.2, -0.15) is 0 Å². The Morgan fingerprint density at radius 2 is 2.00 bits per heavy atom. The van der Waals surface area contributed by atoms with Gasteiger partial charge in [-0.25, -0.2) is 18.4 Å². The highest BCUT2D eigenvalue weighted by Crippen LogP contribution is 2.12. The van der Waals surface area contributed by atoms with Gasteiger partial charge in [0.25, 0.3) is 5.91 Å². The molecule has 7 nitrogen and oxygen atoms in total. The predicted molar refractivity (Wildman–Crippen MR) is 99.8 cm³/mol. The zero-order chi connectivity index (χ0) is 18.4. The molecule has 2 N–H and O–H groups in total. The largest absolute Gasteiger partial charge is 0.354 e. The Hall–Kier alpha value is -2.48. The fraction of sp³-hybridized carbons (Fsp3) is 0.389. The summed E-state index contributed by atoms with van der Waals surface area (Å²) >= 11 is 0. The van der Waals surface area contributed by atoms with Crippen LogP contribution in [0, 0.1) is 0 Å². The van der Waals surface area contributed by atoms with Crippen LogP contribution in [-0.4, -0.2) is 48.4 Å². The van der Waals surface area contributed by atoms with E-state index in [0.717, 1.165) is 12.8 Å². The topological polar surface area (TPSA) is 101 Å². The fourth-order valence-electron chi connectivity index (χ4n) is 2.88. The number of carbonyl (C=O) groups excluding carboxylic acids is 1. The average molecular weight is 374 g/mol. The van der Waals surface area contributed by atoms with E-state index in [1.165, 1.54) is 17.8 Å². The first-order valence-corrected chi connectivity index (χ1v) is 10.5. The van der Waals surface area contributed by atoms with E-state index in [-0.39, 0.29) is 29.1 Å². The Bertz CT molecular complexity index is 856. The summed E-state index contributed by atoms with van der Waals surface area (Å²) < 4.78 is 23.0. The number of sulfone groups is 1. The Morgan fingerprint density at radius 1 is 1.19 bits per heavy atom. The number of carbonyl (C=O) groups is 1. The molecule has 1 aromatic heterocycles. The smallest absolute Gasteiger partial charge is 0.270 e. The molecule has 26 heavy (non-hydrogen) atoms. The number of amides is 1. The second kappa shape index (κ2) is 8.27. The van der Waals surface area contributed by atoms with Crippen molar-refractivity contribution < 1.29 is 13.2 Å². The Morgan fingerprint density at radius 3 is 2.73 bits per heavy atom. The van der Waals surface area contributed by atoms with E-state index in [1.54, 1.807) is 0 Å². The second-order valence-electron chi connectivity index (χ2n) is 6.35. The molecule has 1 unspecified atom stereocenters. The molecule has 0 bridgehead atoms. The number of hydrogen-bond acceptors (Lipinski definition) is 6. The number of anilines is 1. The third-order valence-corrected chi connectivity index (χ3v) is 5.99. The number of nitrogens with zero attached hydrogens (tertiary/aromatic N) is 2. The van der Waals surface area contributed by atoms with Gasteiger partial charge in [-0.15, -0.1) is 0 Å². The summed E-state index contributed by atoms with van der Waals surface area (Å²) in [6, 6.07) is 11.4. The van der Waals surface area contributed by atoms with Crippen molar-refractivity contribution >= 4 is 21.7 Å². The molecule has 1 aromatic carbocycles. The first kappa shape index (κ1) is 18.3. The molecule has 0 saturated carbocycles. The van der Waals surface area contributed by atoms with Crippen LogP contribution in [0.1, 0.15) is 28.9 Å². The van der Waals surface area contributed by atoms with E-state index in [0.29, 0.717) is 18.9 Å². The molecular formula is C18H22N4O3S. The molecule has 0 aliphatic carbocycles. The molecule has 1 atom stereocenters. The van der Waals surface area contributed by atoms with Crippen molar-refractivity contribution in [2.45, 2.75) is 25.3 Å². The van der Waals surface area contributed by atoms with Crippen molar-refractivity contribution in [1.29, 1.82) is 0 Å². The van der Waals surface area contributed by atoms with Gasteiger partial charge in [0.2, 0.25) is 5.95 Å². The molecule has 1 saturated heterocycles. The van der Waals surface area contributed by atoms with Crippen LogP contribution in [-0.2, 0) is 16.3 Å². The molecule has 138 valence electrons. The summed E-state index contributed by atoms with van der Waals surface area (Å²) in [4.78, 5) is 20.6. The number of aromatic nitrogens is 2. The maximum Gasteiger partial charge on any atom is 0.270 e. The van der Waals surface area contributed by atoms with E-state index >= 15 is 0 Å². The van der Waals surface area contributed by atoms with Crippen molar-refractivity contribution in [3.8, 4) is 0 Å². The van der Waals surface area contributed by atoms with Crippen molar-refractivity contribution in [2.75, 3.05) is 23.4 Å². The van der Waals surface area contributed by atoms with Crippen LogP contribution >= 0.6 is 0 Å². The van der Waals surface area contributed by atoms with Gasteiger partial charge in [0, 0.05) is 18.8 Å². The first-order valence-electron chi connectivity index (χ1n) is 8.64. The number of benzene rings is 1. The van der Waals surface area contributed by atoms with Crippen LogP contribution in [0.3, 0.4) is 0 Å². The number of nitrogens with one attached hydrogen (secondary N) is 2. The van der Waals surface area contributed by atoms with Gasteiger partial charge in [-0.1, -0.05) is 30.3 Å². The lowest BCUT2D eigenvalue weighted by molar-refractivity contribution is 0.0936. The maximum atomic E-state index is 12.3. The Kier molecular flexibility index (Phi) is 5.82. The lowest BCUT2D eigenvalue weighted by Gasteiger charge is -2.11. The van der Waals surface area contributed by atoms with Gasteiger partial charge in [-0.05, 0) is 30.9 Å². The SMILES string of the molecule is O=C(NC1CCS(=O)(=O)C1)c1ccnc(NCCCc2ccccc2)n1. The predicted octanol–water partition coefficient (Wildman–Crippen LogP) is 1.44. The molecule has 1 aliphatic heterocycles. The zero-order valence-corrected chi connectivity index (χ0v) is 15.2. The lowest BCUT2D eigenvalue weighted by atomic mass is 10.1. The van der Waals surface area contributed by atoms with Gasteiger partial charge in [0.05, 0.1) is 11.5 Å². The van der Waals surface area contributed by atoms with Crippen molar-refractivity contribution in [3.05, 3.63) is 53.9 Å². The van der Waals surface area contributed by atoms with Gasteiger partial charge in [0.1, 0.15) is 5.69 Å². The number of hydrogen-bond donors (Lipinski definition) is 2. The average Bonchev–Trinajstić information content (AvgIpc) is 2.98. The van der Waals surface area contributed by atoms with Gasteiger partial charge in [0.15, 0.2) is 9.84 Å². The van der Waals surface area contributed by atoms with E-state index in [4.69, 9.17) is 0 Å². The summed E-state index contributed by atoms with van der Waals surface area (Å²) in [6.07, 6.45) is 3.84. The summed E-state index contributed by atoms with van der Waals surface area (Å²) in [5.74, 6) is 0.135. The molecule has 3 rings (SSSR count). The summed E-state index contributed by atoms with van der Waals surface area (Å²) in [5.41, 5.74) is 1.50. The monoisotopic (exact) mass is 374 g/mol. The van der Waals surface area contributed by atoms with Crippen LogP contribution < -0.4 is 10.6 Å². The van der Waals surface area contributed by atoms with Crippen molar-refractivity contribution in [3.63, 3.8) is 0 Å². The third kappa shape index (κ3) is 5.26. The van der Waals surface area contributed by atoms with E-state index in [1.807, 2.05) is 18.2 Å². The van der Waals surface area contributed by atoms with Crippen LogP contribution in [0.25, 0.3) is 0 Å². The van der Waals surface area contributed by atoms with E-state index in [9.17, 15) is 13.2 Å². The Balaban J connectivity index is 1.49. The number of aryl methyl sites for hydroxylation is 1. The van der Waals surface area contributed by atoms with E-state index < -0.39 is 9.84 Å². The van der Waals surface area contributed by atoms with Crippen LogP contribution in [0.4, 0.5) is 5.95 Å². The summed E-state index contributed by atoms with van der Waals surface area (Å²) in [6.45, 7) is 0.695. The van der Waals surface area contributed by atoms with Crippen molar-refractivity contribution in [2.24, 2.45) is 0 Å². The molecule has 0 spiro atoms. The highest BCUT2D eigenvalue weighted by molar-refractivity contribution is 7.91. The van der Waals surface area contributed by atoms with Gasteiger partial charge < -0.3 is 10.6 Å². The Labute approximate surface area is 153 Å². The molecule has 1 fully saturated rings. The number of rotatable bonds is 7. The first-order chi connectivity index (χ1) is 12.5. The van der Waals surface area contributed by atoms with E-state index in [2.05, 4.69) is 32.7 Å². The fourth-order valence-corrected chi connectivity index (χ4v) is 4.55. The summed E-state index contributed by atoms with van der Waals surface area (Å²) in [5, 5.41) is 5.85. The molecule has 1 aliphatic rings. The van der Waals surface area contributed by atoms with Crippen molar-refractivity contribution in [1.82, 2.24) is 15.3 Å². The van der Waals surface area contributed by atoms with Crippen LogP contribution in [0.15, 0.2) is 42.6 Å². The third-order valence-electron chi connectivity index (χ3n) is 4.22. The molecule has 0 radical (unpaired) electrons. The molecule has 1 amide bonds. The minimum Gasteiger partial charge on any atom is -0.354 e. The normalized spacial score (nSPS) is 18.4. The minimum absolute atomic E-state index is 0.00554. The molecule has 2 heterocycles. The quantitative estimate of drug-likeness (QED) is 0.711. The standard InChI is InChI=1S/C18H22N4O3S/c23-17(21-15-9-12-26(24,25)13-15)16-8-11-20-18(22-16)19-10-4-7-14-5-2-1-3-6-14/h1-3,5-6,8,11,15H,4,7,9-10,12-13H2,(H,21,23)(H,19,20,22). The molecule has 8 heteroatoms. The highest BCUT2D eigenvalue weighted by atomic mass is 32.2. The van der Waals surface area contributed by atoms with Crippen LogP contribution in [0.2, 0.25) is 0 Å². The second-order valence-corrected chi connectivity index (χ2v) is 8.58. The van der Waals surface area contributed by atoms with Crippen LogP contribution in [0.5, 0.6) is 0 Å². The zero-order valence-electron chi connectivity index (χ0n) is 14.4. The molecule has 2 aromatic rings. The minimum atomic E-state index is -3.03. The molecular weight excluding hydrogens is 352 g/mol. The van der Waals surface area contributed by atoms with Gasteiger partial charge >= 0.3 is 0 Å². The summed E-state index contributed by atoms with van der Waals surface area (Å²) in [7, 11) is -3.03.